The van der Waals surface area contributed by atoms with E-state index in [1.54, 1.807) is 0 Å². The molecule has 2 N–H and O–H groups in total. The smallest absolute Gasteiger partial charge is 0.0319 e. The summed E-state index contributed by atoms with van der Waals surface area (Å²) in [6.07, 6.45) is 4.85. The molecular formula is C5H13NO. The Hall–Kier alpha value is -0.0800. The molecule has 2 nitrogen and oxygen atoms in total. The molecule has 1 saturated carbocycles. The van der Waals surface area contributed by atoms with E-state index in [9.17, 15) is 0 Å². The lowest BCUT2D eigenvalue weighted by Crippen LogP contribution is -2.21. The van der Waals surface area contributed by atoms with E-state index >= 15 is 0 Å². The van der Waals surface area contributed by atoms with Gasteiger partial charge in [0.15, 0.2) is 0 Å². The second-order valence-electron chi connectivity index (χ2n) is 2.11. The molecule has 0 saturated heterocycles. The molecule has 0 aromatic heterocycles. The van der Waals surface area contributed by atoms with Gasteiger partial charge in [0.05, 0.1) is 0 Å². The Kier molecular flexibility index (Phi) is 1.65. The summed E-state index contributed by atoms with van der Waals surface area (Å²) in [7, 11) is 0. The number of nitrogens with one attached hydrogen (secondary N) is 1. The predicted molar refractivity (Wildman–Crippen MR) is 29.3 cm³/mol. The average molecular weight is 103 g/mol. The second-order valence-corrected chi connectivity index (χ2v) is 2.11. The maximum atomic E-state index is 8.32. The van der Waals surface area contributed by atoms with Crippen molar-refractivity contribution in [3.8, 4) is 0 Å². The summed E-state index contributed by atoms with van der Waals surface area (Å²) in [5.41, 5.74) is 2.26. The normalized spacial score (nSPS) is 23.6. The van der Waals surface area contributed by atoms with Gasteiger partial charge in [0.1, 0.15) is 0 Å². The SMILES string of the molecule is ONC1CCCC1.[HH]. The van der Waals surface area contributed by atoms with E-state index in [1.807, 2.05) is 0 Å². The van der Waals surface area contributed by atoms with E-state index in [-0.39, 0.29) is 1.43 Å². The molecule has 0 aromatic rings. The van der Waals surface area contributed by atoms with Crippen LogP contribution in [0.25, 0.3) is 0 Å². The molecule has 1 aliphatic carbocycles. The van der Waals surface area contributed by atoms with Gasteiger partial charge < -0.3 is 5.21 Å². The van der Waals surface area contributed by atoms with Crippen LogP contribution < -0.4 is 5.48 Å². The van der Waals surface area contributed by atoms with Gasteiger partial charge in [-0.1, -0.05) is 12.8 Å². The van der Waals surface area contributed by atoms with E-state index in [4.69, 9.17) is 5.21 Å². The van der Waals surface area contributed by atoms with Crippen LogP contribution in [-0.4, -0.2) is 11.2 Å². The highest BCUT2D eigenvalue weighted by Crippen LogP contribution is 2.16. The zero-order valence-corrected chi connectivity index (χ0v) is 4.35. The standard InChI is InChI=1S/C5H11NO.H2/c7-6-5-3-1-2-4-5;/h5-7H,1-4H2;1H. The van der Waals surface area contributed by atoms with Gasteiger partial charge in [-0.05, 0) is 12.8 Å². The lowest BCUT2D eigenvalue weighted by atomic mass is 10.3. The molecular weight excluding hydrogens is 90.1 g/mol. The number of hydrogen-bond donors (Lipinski definition) is 2. The van der Waals surface area contributed by atoms with Crippen LogP contribution in [-0.2, 0) is 0 Å². The Morgan fingerprint density at radius 2 is 2.00 bits per heavy atom. The highest BCUT2D eigenvalue weighted by molar-refractivity contribution is 4.68. The summed E-state index contributed by atoms with van der Waals surface area (Å²) < 4.78 is 0. The molecule has 0 spiro atoms. The first-order valence-electron chi connectivity index (χ1n) is 2.83. The highest BCUT2D eigenvalue weighted by Gasteiger charge is 2.11. The zero-order chi connectivity index (χ0) is 5.11. The van der Waals surface area contributed by atoms with Gasteiger partial charge in [0.2, 0.25) is 0 Å². The molecule has 0 radical (unpaired) electrons. The maximum Gasteiger partial charge on any atom is 0.0319 e. The first-order chi connectivity index (χ1) is 3.43. The molecule has 1 rings (SSSR count). The van der Waals surface area contributed by atoms with Gasteiger partial charge in [-0.15, -0.1) is 0 Å². The van der Waals surface area contributed by atoms with Crippen LogP contribution in [0.1, 0.15) is 27.1 Å². The summed E-state index contributed by atoms with van der Waals surface area (Å²) in [5, 5.41) is 8.32. The van der Waals surface area contributed by atoms with E-state index < -0.39 is 0 Å². The van der Waals surface area contributed by atoms with Gasteiger partial charge in [0, 0.05) is 7.47 Å². The minimum atomic E-state index is 0. The molecule has 0 atom stereocenters. The Labute approximate surface area is 45.0 Å². The van der Waals surface area contributed by atoms with Gasteiger partial charge >= 0.3 is 0 Å². The van der Waals surface area contributed by atoms with E-state index in [0.717, 1.165) is 12.8 Å². The van der Waals surface area contributed by atoms with Gasteiger partial charge in [-0.2, -0.15) is 0 Å². The topological polar surface area (TPSA) is 32.3 Å². The first kappa shape index (κ1) is 5.06. The molecule has 44 valence electrons. The van der Waals surface area contributed by atoms with Crippen LogP contribution in [0.2, 0.25) is 0 Å². The van der Waals surface area contributed by atoms with Crippen molar-refractivity contribution in [2.75, 3.05) is 0 Å². The lowest BCUT2D eigenvalue weighted by molar-refractivity contribution is 0.128. The van der Waals surface area contributed by atoms with Crippen molar-refractivity contribution in [1.29, 1.82) is 0 Å². The quantitative estimate of drug-likeness (QED) is 0.488. The Morgan fingerprint density at radius 3 is 2.29 bits per heavy atom. The van der Waals surface area contributed by atoms with E-state index in [0.29, 0.717) is 6.04 Å². The number of hydrogen-bond acceptors (Lipinski definition) is 2. The van der Waals surface area contributed by atoms with Crippen molar-refractivity contribution in [3.05, 3.63) is 0 Å². The van der Waals surface area contributed by atoms with Crippen molar-refractivity contribution in [2.24, 2.45) is 0 Å². The number of hydroxylamine groups is 1. The molecule has 2 heteroatoms. The minimum absolute atomic E-state index is 0. The summed E-state index contributed by atoms with van der Waals surface area (Å²) in [6.45, 7) is 0. The molecule has 1 aliphatic rings. The van der Waals surface area contributed by atoms with Crippen LogP contribution in [0.5, 0.6) is 0 Å². The first-order valence-corrected chi connectivity index (χ1v) is 2.83. The Balaban J connectivity index is 0.000000490. The van der Waals surface area contributed by atoms with E-state index in [2.05, 4.69) is 5.48 Å². The summed E-state index contributed by atoms with van der Waals surface area (Å²) in [6, 6.07) is 0.403. The summed E-state index contributed by atoms with van der Waals surface area (Å²) in [5.74, 6) is 0. The van der Waals surface area contributed by atoms with Crippen molar-refractivity contribution in [3.63, 3.8) is 0 Å². The molecule has 0 bridgehead atoms. The Bertz CT molecular complexity index is 54.4. The van der Waals surface area contributed by atoms with Crippen molar-refractivity contribution in [1.82, 2.24) is 5.48 Å². The fraction of sp³-hybridized carbons (Fsp3) is 1.00. The lowest BCUT2D eigenvalue weighted by Gasteiger charge is -2.01. The molecule has 1 fully saturated rings. The number of rotatable bonds is 1. The zero-order valence-electron chi connectivity index (χ0n) is 4.35. The molecule has 7 heavy (non-hydrogen) atoms. The summed E-state index contributed by atoms with van der Waals surface area (Å²) in [4.78, 5) is 0. The van der Waals surface area contributed by atoms with Gasteiger partial charge in [-0.25, -0.2) is 5.48 Å². The van der Waals surface area contributed by atoms with Gasteiger partial charge in [-0.3, -0.25) is 0 Å². The molecule has 0 aromatic carbocycles. The molecule has 0 unspecified atom stereocenters. The molecule has 0 heterocycles. The minimum Gasteiger partial charge on any atom is -0.317 e. The predicted octanol–water partition coefficient (Wildman–Crippen LogP) is 1.15. The second kappa shape index (κ2) is 2.28. The maximum absolute atomic E-state index is 8.32. The molecule has 0 amide bonds. The molecule has 0 aliphatic heterocycles. The largest absolute Gasteiger partial charge is 0.317 e. The Morgan fingerprint density at radius 1 is 1.43 bits per heavy atom. The van der Waals surface area contributed by atoms with E-state index in [1.165, 1.54) is 12.8 Å². The fourth-order valence-electron chi connectivity index (χ4n) is 1.05. The van der Waals surface area contributed by atoms with Crippen molar-refractivity contribution >= 4 is 0 Å². The fourth-order valence-corrected chi connectivity index (χ4v) is 1.05. The monoisotopic (exact) mass is 103 g/mol. The average Bonchev–Trinajstić information content (AvgIpc) is 2.14. The third-order valence-corrected chi connectivity index (χ3v) is 1.54. The third kappa shape index (κ3) is 1.14. The van der Waals surface area contributed by atoms with Crippen LogP contribution in [0, 0.1) is 0 Å². The highest BCUT2D eigenvalue weighted by atomic mass is 16.5. The van der Waals surface area contributed by atoms with Crippen LogP contribution >= 0.6 is 0 Å². The van der Waals surface area contributed by atoms with Crippen molar-refractivity contribution in [2.45, 2.75) is 31.7 Å². The summed E-state index contributed by atoms with van der Waals surface area (Å²) >= 11 is 0. The van der Waals surface area contributed by atoms with Crippen molar-refractivity contribution < 1.29 is 6.63 Å². The van der Waals surface area contributed by atoms with Crippen LogP contribution in [0.3, 0.4) is 0 Å². The van der Waals surface area contributed by atoms with Crippen LogP contribution in [0.15, 0.2) is 0 Å². The third-order valence-electron chi connectivity index (χ3n) is 1.54. The van der Waals surface area contributed by atoms with Gasteiger partial charge in [0.25, 0.3) is 0 Å². The van der Waals surface area contributed by atoms with Crippen LogP contribution in [0.4, 0.5) is 0 Å².